The second kappa shape index (κ2) is 59.3. The number of unbranched alkanes of at least 4 members (excludes halogenated alkanes) is 3. The molecule has 14 saturated heterocycles. The van der Waals surface area contributed by atoms with Crippen LogP contribution in [0.4, 0.5) is 0 Å². The van der Waals surface area contributed by atoms with Crippen molar-refractivity contribution in [3.8, 4) is 0 Å². The summed E-state index contributed by atoms with van der Waals surface area (Å²) < 4.78 is 155. The highest BCUT2D eigenvalue weighted by Crippen LogP contribution is 2.52. The lowest BCUT2D eigenvalue weighted by Gasteiger charge is -2.46. The monoisotopic (exact) mass is 2080 g/mol. The molecular formula is C113H198O29Si2. The molecule has 23 atom stereocenters. The van der Waals surface area contributed by atoms with Crippen LogP contribution in [0.5, 0.6) is 0 Å². The molecule has 0 radical (unpaired) electrons. The zero-order chi connectivity index (χ0) is 100. The Morgan fingerprint density at radius 2 is 0.611 bits per heavy atom. The highest BCUT2D eigenvalue weighted by atomic mass is 28.4. The van der Waals surface area contributed by atoms with Gasteiger partial charge in [-0.15, -0.1) is 0 Å². The van der Waals surface area contributed by atoms with Crippen LogP contribution in [0.2, 0.25) is 38.3 Å². The van der Waals surface area contributed by atoms with Crippen molar-refractivity contribution in [2.24, 2.45) is 76.4 Å². The summed E-state index contributed by atoms with van der Waals surface area (Å²) in [5, 5.41) is 0. The summed E-state index contributed by atoms with van der Waals surface area (Å²) in [4.78, 5) is 12.0. The zero-order valence-corrected chi connectivity index (χ0v) is 93.0. The number of fused-ring (bicyclic) bond motifs is 2. The molecule has 0 N–H and O–H groups in total. The van der Waals surface area contributed by atoms with Crippen molar-refractivity contribution in [1.82, 2.24) is 0 Å². The molecule has 14 heterocycles. The molecule has 8 saturated carbocycles. The van der Waals surface area contributed by atoms with Crippen LogP contribution in [0.3, 0.4) is 0 Å². The molecule has 8 aliphatic carbocycles. The van der Waals surface area contributed by atoms with Crippen molar-refractivity contribution in [3.63, 3.8) is 0 Å². The average molecular weight is 2080 g/mol. The third kappa shape index (κ3) is 46.3. The molecule has 832 valence electrons. The summed E-state index contributed by atoms with van der Waals surface area (Å²) in [6, 6.07) is 2.34. The van der Waals surface area contributed by atoms with Crippen molar-refractivity contribution >= 4 is 22.6 Å². The molecule has 23 unspecified atom stereocenters. The van der Waals surface area contributed by atoms with E-state index in [-0.39, 0.29) is 18.0 Å². The van der Waals surface area contributed by atoms with Crippen molar-refractivity contribution in [2.75, 3.05) is 198 Å². The third-order valence-electron chi connectivity index (χ3n) is 34.5. The van der Waals surface area contributed by atoms with Crippen LogP contribution in [0.1, 0.15) is 260 Å². The minimum atomic E-state index is -1.59. The van der Waals surface area contributed by atoms with Crippen molar-refractivity contribution in [2.45, 2.75) is 439 Å². The maximum absolute atomic E-state index is 12.0. The van der Waals surface area contributed by atoms with Gasteiger partial charge in [0, 0.05) is 26.4 Å². The fraction of sp³-hybridized carbons (Fsp3) is 0.991. The Morgan fingerprint density at radius 1 is 0.312 bits per heavy atom. The van der Waals surface area contributed by atoms with E-state index in [1.807, 2.05) is 6.92 Å². The van der Waals surface area contributed by atoms with Gasteiger partial charge in [-0.1, -0.05) is 54.4 Å². The van der Waals surface area contributed by atoms with Gasteiger partial charge in [-0.25, -0.2) is 0 Å². The fourth-order valence-corrected chi connectivity index (χ4v) is 33.1. The van der Waals surface area contributed by atoms with Crippen LogP contribution < -0.4 is 0 Å². The molecule has 14 aliphatic heterocycles. The Hall–Kier alpha value is -1.18. The number of ether oxygens (including phenoxy) is 27. The number of rotatable bonds is 58. The molecule has 22 fully saturated rings. The molecule has 0 aromatic heterocycles. The standard InChI is InChI=1S/C22H38O4.C21H36O4.C19H32O4.C16H34O5Si2.C14H20O4.C12H22O4.C9H16O4/c1-13-5-17(6-14(2)21(13)25-11-19-9-23-19)18-7-15(3)22(16(4)8-18)26-12-20-10-24-20;1-21(2,15-3-7-17(8-4-15)22-11-19-13-24-19)16-5-9-18(10-6-16)23-12-20-14-25-20;1-5-16(20-10-18-12-22-18)6-2-14(1)9-15-3-7-17(8-4-15)21-11-19-13-23-19;1-22(2,9-5-7-17-11-15-13-19-15)21-23(3,4)10-6-8-18-12-16-14-20-16;15-14(9-2-4-11-13(6-9)18-11)16-7-8-1-3-10-12(5-8)17-10;1(3-5-13-7-11-9-15-11)2-4-6-14-8-12-10-16-12;1-7(11-4-9-6-13-9)2-10-3-8-5-12-8/h13-22H,5-12H2,1-4H3;15-20H,3-14H2,1-2H3;14-19H,1-13H2;15-16H,5-14H2,1-4H3;8-13H,1-7H2;11-12H,1-10H2;7-9H,2-6H2,1H3. The lowest BCUT2D eigenvalue weighted by Crippen LogP contribution is -2.44. The number of carbonyl (C=O) groups is 1. The van der Waals surface area contributed by atoms with E-state index in [1.54, 1.807) is 0 Å². The van der Waals surface area contributed by atoms with Crippen LogP contribution in [0, 0.1) is 76.4 Å². The van der Waals surface area contributed by atoms with Crippen molar-refractivity contribution < 1.29 is 137 Å². The SMILES string of the molecule is C(CCCOCC1CO1)CCOCC1CO1.C1CC(OCC2CO2)CCC1CC1CCC(OCC2CO2)CC1.CC(C)(C1CCC(OCC2CO2)CC1)C1CCC(OCC2CO2)CC1.CC(COCC1CO1)OCC1CO1.CC1CC(C2CC(C)C(OCC3CO3)C(C)C2)CC(C)C1OCC1CO1.C[Si](C)(CCCOCC1CO1)O[Si](C)(C)CCCOCC1CO1.O=C(OCC1CCC2OC2C1)C1CCC2OC2C1. The van der Waals surface area contributed by atoms with E-state index < -0.39 is 16.6 Å². The predicted octanol–water partition coefficient (Wildman–Crippen LogP) is 17.5. The highest BCUT2D eigenvalue weighted by molar-refractivity contribution is 6.84. The van der Waals surface area contributed by atoms with Gasteiger partial charge in [0.15, 0.2) is 16.6 Å². The number of hydrogen-bond acceptors (Lipinski definition) is 29. The largest absolute Gasteiger partial charge is 0.465 e. The average Bonchev–Trinajstić information content (AvgIpc) is 1.78. The maximum atomic E-state index is 12.0. The topological polar surface area (TPSA) is 322 Å². The molecule has 29 nitrogen and oxygen atoms in total. The van der Waals surface area contributed by atoms with Gasteiger partial charge in [-0.2, -0.15) is 0 Å². The Labute approximate surface area is 868 Å². The van der Waals surface area contributed by atoms with Crippen LogP contribution in [-0.4, -0.2) is 361 Å². The molecule has 0 amide bonds. The molecule has 0 bridgehead atoms. The molecule has 144 heavy (non-hydrogen) atoms. The number of hydrogen-bond donors (Lipinski definition) is 0. The Balaban J connectivity index is 0.000000122. The van der Waals surface area contributed by atoms with Gasteiger partial charge in [-0.3, -0.25) is 4.79 Å². The van der Waals surface area contributed by atoms with Gasteiger partial charge < -0.3 is 132 Å². The van der Waals surface area contributed by atoms with E-state index in [2.05, 4.69) is 67.7 Å². The zero-order valence-electron chi connectivity index (χ0n) is 91.0. The maximum Gasteiger partial charge on any atom is 0.309 e. The summed E-state index contributed by atoms with van der Waals surface area (Å²) in [6.45, 7) is 50.7. The lowest BCUT2D eigenvalue weighted by molar-refractivity contribution is -0.151. The molecule has 0 aromatic carbocycles. The van der Waals surface area contributed by atoms with Crippen LogP contribution in [0.25, 0.3) is 0 Å². The van der Waals surface area contributed by atoms with Crippen LogP contribution in [-0.2, 0) is 137 Å². The summed E-state index contributed by atoms with van der Waals surface area (Å²) >= 11 is 0. The molecule has 0 spiro atoms. The summed E-state index contributed by atoms with van der Waals surface area (Å²) in [7, 11) is -3.17. The van der Waals surface area contributed by atoms with E-state index in [9.17, 15) is 4.79 Å². The number of carbonyl (C=O) groups excluding carboxylic acids is 1. The number of esters is 1. The number of epoxide rings is 14. The first kappa shape index (κ1) is 115. The van der Waals surface area contributed by atoms with Crippen molar-refractivity contribution in [1.29, 1.82) is 0 Å². The lowest BCUT2D eigenvalue weighted by atomic mass is 9.60. The molecule has 22 aliphatic rings. The Bertz CT molecular complexity index is 3290. The molecular weight excluding hydrogens is 1880 g/mol. The van der Waals surface area contributed by atoms with Crippen LogP contribution in [0.15, 0.2) is 0 Å². The van der Waals surface area contributed by atoms with E-state index in [4.69, 9.17) is 132 Å². The Morgan fingerprint density at radius 3 is 0.951 bits per heavy atom. The molecule has 31 heteroatoms. The third-order valence-corrected chi connectivity index (χ3v) is 42.1. The molecule has 22 rings (SSSR count). The highest BCUT2D eigenvalue weighted by Gasteiger charge is 2.50. The normalized spacial score (nSPS) is 39.3. The van der Waals surface area contributed by atoms with Gasteiger partial charge in [-0.05, 0) is 315 Å². The molecule has 0 aromatic rings. The second-order valence-electron chi connectivity index (χ2n) is 49.5. The summed E-state index contributed by atoms with van der Waals surface area (Å²) in [5.41, 5.74) is 0.454. The minimum Gasteiger partial charge on any atom is -0.465 e. The van der Waals surface area contributed by atoms with Gasteiger partial charge in [0.05, 0.1) is 245 Å². The van der Waals surface area contributed by atoms with Gasteiger partial charge in [0.2, 0.25) is 0 Å². The Kier molecular flexibility index (Phi) is 47.5. The van der Waals surface area contributed by atoms with Crippen LogP contribution >= 0.6 is 0 Å². The predicted molar refractivity (Wildman–Crippen MR) is 549 cm³/mol. The first-order valence-corrected chi connectivity index (χ1v) is 64.9. The quantitative estimate of drug-likeness (QED) is 0.0236. The second-order valence-corrected chi connectivity index (χ2v) is 58.4. The smallest absolute Gasteiger partial charge is 0.309 e. The van der Waals surface area contributed by atoms with Gasteiger partial charge in [0.25, 0.3) is 0 Å². The first-order chi connectivity index (χ1) is 69.9. The van der Waals surface area contributed by atoms with Gasteiger partial charge >= 0.3 is 5.97 Å². The summed E-state index contributed by atoms with van der Waals surface area (Å²) in [5.74, 6) is 8.55. The minimum absolute atomic E-state index is 0.00258. The fourth-order valence-electron chi connectivity index (χ4n) is 24.3. The van der Waals surface area contributed by atoms with Crippen molar-refractivity contribution in [3.05, 3.63) is 0 Å². The van der Waals surface area contributed by atoms with E-state index in [0.717, 1.165) is 271 Å². The summed E-state index contributed by atoms with van der Waals surface area (Å²) in [6.07, 6.45) is 50.1. The first-order valence-electron chi connectivity index (χ1n) is 58.7. The van der Waals surface area contributed by atoms with E-state index >= 15 is 0 Å². The van der Waals surface area contributed by atoms with E-state index in [1.165, 1.54) is 160 Å². The van der Waals surface area contributed by atoms with Gasteiger partial charge in [0.1, 0.15) is 73.2 Å². The van der Waals surface area contributed by atoms with E-state index in [0.29, 0.717) is 196 Å².